The van der Waals surface area contributed by atoms with Crippen LogP contribution in [0.2, 0.25) is 0 Å². The standard InChI is InChI=1S/C29H29F2NO3/c1-18-13-22(31)5-9-25(18)28-19(2)26-14-23(33)6-10-27(26)35-29(28)21-3-7-24(8-4-21)34-12-11-32-16-20(15-30)17-32/h3-10,13-14,20,29,33H,11-12,15-17H2,1-2H3/t29-/m1/s1. The van der Waals surface area contributed by atoms with Gasteiger partial charge in [-0.1, -0.05) is 18.2 Å². The number of hydrogen-bond acceptors (Lipinski definition) is 4. The lowest BCUT2D eigenvalue weighted by molar-refractivity contribution is 0.0668. The molecule has 0 aliphatic carbocycles. The Morgan fingerprint density at radius 3 is 2.49 bits per heavy atom. The topological polar surface area (TPSA) is 41.9 Å². The van der Waals surface area contributed by atoms with E-state index in [1.165, 1.54) is 12.1 Å². The molecule has 2 heterocycles. The third-order valence-electron chi connectivity index (χ3n) is 6.87. The average Bonchev–Trinajstić information content (AvgIpc) is 2.82. The first kappa shape index (κ1) is 23.4. The molecule has 0 amide bonds. The van der Waals surface area contributed by atoms with Gasteiger partial charge in [-0.15, -0.1) is 0 Å². The summed E-state index contributed by atoms with van der Waals surface area (Å²) in [6.07, 6.45) is -0.399. The maximum atomic E-state index is 13.9. The normalized spacial score (nSPS) is 18.1. The first-order chi connectivity index (χ1) is 16.9. The summed E-state index contributed by atoms with van der Waals surface area (Å²) in [5.41, 5.74) is 5.41. The zero-order chi connectivity index (χ0) is 24.5. The molecule has 3 aromatic rings. The number of rotatable bonds is 7. The van der Waals surface area contributed by atoms with Crippen molar-refractivity contribution in [2.45, 2.75) is 20.0 Å². The maximum Gasteiger partial charge on any atom is 0.150 e. The average molecular weight is 478 g/mol. The molecule has 0 aromatic heterocycles. The first-order valence-corrected chi connectivity index (χ1v) is 11.9. The summed E-state index contributed by atoms with van der Waals surface area (Å²) in [5.74, 6) is 1.51. The van der Waals surface area contributed by atoms with E-state index in [1.54, 1.807) is 24.3 Å². The van der Waals surface area contributed by atoms with Gasteiger partial charge in [0, 0.05) is 36.7 Å². The Balaban J connectivity index is 1.40. The highest BCUT2D eigenvalue weighted by Gasteiger charge is 2.30. The number of phenols is 1. The van der Waals surface area contributed by atoms with Crippen molar-refractivity contribution in [1.82, 2.24) is 4.90 Å². The Morgan fingerprint density at radius 1 is 1.00 bits per heavy atom. The number of aryl methyl sites for hydroxylation is 1. The van der Waals surface area contributed by atoms with Gasteiger partial charge in [-0.25, -0.2) is 4.39 Å². The summed E-state index contributed by atoms with van der Waals surface area (Å²) in [4.78, 5) is 2.19. The summed E-state index contributed by atoms with van der Waals surface area (Å²) in [5, 5.41) is 10.1. The second-order valence-electron chi connectivity index (χ2n) is 9.37. The Kier molecular flexibility index (Phi) is 6.48. The number of alkyl halides is 1. The van der Waals surface area contributed by atoms with Crippen LogP contribution in [0, 0.1) is 18.7 Å². The maximum absolute atomic E-state index is 13.9. The van der Waals surface area contributed by atoms with Crippen molar-refractivity contribution in [3.63, 3.8) is 0 Å². The van der Waals surface area contributed by atoms with Crippen LogP contribution in [0.15, 0.2) is 60.7 Å². The molecule has 1 fully saturated rings. The van der Waals surface area contributed by atoms with Gasteiger partial charge in [0.1, 0.15) is 35.8 Å². The molecule has 1 N–H and O–H groups in total. The fraction of sp³-hybridized carbons (Fsp3) is 0.310. The molecule has 2 aliphatic rings. The van der Waals surface area contributed by atoms with E-state index >= 15 is 0 Å². The Bertz CT molecular complexity index is 1250. The lowest BCUT2D eigenvalue weighted by Gasteiger charge is -2.37. The van der Waals surface area contributed by atoms with E-state index in [-0.39, 0.29) is 24.2 Å². The van der Waals surface area contributed by atoms with Crippen molar-refractivity contribution in [2.24, 2.45) is 5.92 Å². The van der Waals surface area contributed by atoms with E-state index in [9.17, 15) is 13.9 Å². The zero-order valence-electron chi connectivity index (χ0n) is 19.9. The summed E-state index contributed by atoms with van der Waals surface area (Å²) < 4.78 is 38.8. The number of hydrogen-bond donors (Lipinski definition) is 1. The van der Waals surface area contributed by atoms with Crippen LogP contribution in [0.3, 0.4) is 0 Å². The van der Waals surface area contributed by atoms with E-state index in [0.717, 1.165) is 58.8 Å². The van der Waals surface area contributed by atoms with Gasteiger partial charge >= 0.3 is 0 Å². The van der Waals surface area contributed by atoms with Crippen molar-refractivity contribution < 1.29 is 23.4 Å². The number of benzene rings is 3. The lowest BCUT2D eigenvalue weighted by Crippen LogP contribution is -2.49. The van der Waals surface area contributed by atoms with Gasteiger partial charge in [0.25, 0.3) is 0 Å². The highest BCUT2D eigenvalue weighted by molar-refractivity contribution is 5.96. The molecule has 1 saturated heterocycles. The molecule has 182 valence electrons. The summed E-state index contributed by atoms with van der Waals surface area (Å²) in [6, 6.07) is 17.7. The van der Waals surface area contributed by atoms with Gasteiger partial charge in [0.15, 0.2) is 0 Å². The molecule has 5 rings (SSSR count). The largest absolute Gasteiger partial charge is 0.508 e. The second-order valence-corrected chi connectivity index (χ2v) is 9.37. The van der Waals surface area contributed by atoms with Crippen LogP contribution in [0.25, 0.3) is 11.1 Å². The predicted octanol–water partition coefficient (Wildman–Crippen LogP) is 6.18. The minimum atomic E-state index is -0.399. The smallest absolute Gasteiger partial charge is 0.150 e. The van der Waals surface area contributed by atoms with Crippen molar-refractivity contribution in [3.05, 3.63) is 88.7 Å². The molecule has 0 saturated carbocycles. The van der Waals surface area contributed by atoms with E-state index in [1.807, 2.05) is 38.1 Å². The molecule has 6 heteroatoms. The third-order valence-corrected chi connectivity index (χ3v) is 6.87. The van der Waals surface area contributed by atoms with Crippen molar-refractivity contribution in [3.8, 4) is 17.2 Å². The molecular formula is C29H29F2NO3. The molecule has 35 heavy (non-hydrogen) atoms. The summed E-state index contributed by atoms with van der Waals surface area (Å²) in [7, 11) is 0. The molecule has 4 nitrogen and oxygen atoms in total. The van der Waals surface area contributed by atoms with E-state index < -0.39 is 6.10 Å². The van der Waals surface area contributed by atoms with Crippen molar-refractivity contribution in [2.75, 3.05) is 32.9 Å². The molecule has 2 aliphatic heterocycles. The highest BCUT2D eigenvalue weighted by atomic mass is 19.1. The molecule has 0 bridgehead atoms. The van der Waals surface area contributed by atoms with Crippen LogP contribution in [-0.2, 0) is 0 Å². The summed E-state index contributed by atoms with van der Waals surface area (Å²) >= 11 is 0. The van der Waals surface area contributed by atoms with Gasteiger partial charge in [-0.2, -0.15) is 0 Å². The van der Waals surface area contributed by atoms with Gasteiger partial charge in [-0.05, 0) is 78.6 Å². The number of aromatic hydroxyl groups is 1. The number of ether oxygens (including phenoxy) is 2. The number of allylic oxidation sites excluding steroid dienone is 1. The number of likely N-dealkylation sites (tertiary alicyclic amines) is 1. The quantitative estimate of drug-likeness (QED) is 0.441. The Labute approximate surface area is 204 Å². The highest BCUT2D eigenvalue weighted by Crippen LogP contribution is 2.48. The van der Waals surface area contributed by atoms with E-state index in [0.29, 0.717) is 12.4 Å². The molecular weight excluding hydrogens is 448 g/mol. The van der Waals surface area contributed by atoms with Gasteiger partial charge in [-0.3, -0.25) is 9.29 Å². The van der Waals surface area contributed by atoms with Gasteiger partial charge < -0.3 is 14.6 Å². The minimum Gasteiger partial charge on any atom is -0.508 e. The SMILES string of the molecule is CC1=C(c2ccc(F)cc2C)[C@@H](c2ccc(OCCN3CC(CF)C3)cc2)Oc2ccc(O)cc21. The number of nitrogens with zero attached hydrogens (tertiary/aromatic N) is 1. The zero-order valence-corrected chi connectivity index (χ0v) is 19.9. The fourth-order valence-corrected chi connectivity index (χ4v) is 4.94. The van der Waals surface area contributed by atoms with E-state index in [4.69, 9.17) is 9.47 Å². The second kappa shape index (κ2) is 9.70. The summed E-state index contributed by atoms with van der Waals surface area (Å²) in [6.45, 7) is 6.58. The minimum absolute atomic E-state index is 0.167. The first-order valence-electron chi connectivity index (χ1n) is 11.9. The van der Waals surface area contributed by atoms with Crippen LogP contribution in [0.4, 0.5) is 8.78 Å². The van der Waals surface area contributed by atoms with E-state index in [2.05, 4.69) is 4.90 Å². The van der Waals surface area contributed by atoms with Gasteiger partial charge in [0.2, 0.25) is 0 Å². The number of fused-ring (bicyclic) bond motifs is 1. The molecule has 0 spiro atoms. The Morgan fingerprint density at radius 2 is 1.77 bits per heavy atom. The van der Waals surface area contributed by atoms with Gasteiger partial charge in [0.05, 0.1) is 6.67 Å². The number of halogens is 2. The number of phenolic OH excluding ortho intramolecular Hbond substituents is 1. The van der Waals surface area contributed by atoms with Crippen LogP contribution >= 0.6 is 0 Å². The van der Waals surface area contributed by atoms with Crippen LogP contribution in [-0.4, -0.2) is 42.9 Å². The van der Waals surface area contributed by atoms with Crippen LogP contribution in [0.1, 0.15) is 35.3 Å². The molecule has 0 unspecified atom stereocenters. The third kappa shape index (κ3) is 4.76. The fourth-order valence-electron chi connectivity index (χ4n) is 4.94. The van der Waals surface area contributed by atoms with Crippen molar-refractivity contribution in [1.29, 1.82) is 0 Å². The molecule has 1 atom stereocenters. The van der Waals surface area contributed by atoms with Crippen LogP contribution in [0.5, 0.6) is 17.2 Å². The van der Waals surface area contributed by atoms with Crippen LogP contribution < -0.4 is 9.47 Å². The molecule has 3 aromatic carbocycles. The molecule has 0 radical (unpaired) electrons. The monoisotopic (exact) mass is 477 g/mol. The van der Waals surface area contributed by atoms with Crippen molar-refractivity contribution >= 4 is 11.1 Å². The predicted molar refractivity (Wildman–Crippen MR) is 133 cm³/mol. The Hall–Kier alpha value is -3.38. The lowest BCUT2D eigenvalue weighted by atomic mass is 9.84.